The van der Waals surface area contributed by atoms with E-state index in [-0.39, 0.29) is 12.2 Å². The van der Waals surface area contributed by atoms with E-state index in [1.807, 2.05) is 5.48 Å². The monoisotopic (exact) mass is 296 g/mol. The van der Waals surface area contributed by atoms with Gasteiger partial charge in [-0.1, -0.05) is 23.7 Å². The van der Waals surface area contributed by atoms with Gasteiger partial charge < -0.3 is 5.32 Å². The van der Waals surface area contributed by atoms with Crippen molar-refractivity contribution in [1.82, 2.24) is 10.8 Å². The van der Waals surface area contributed by atoms with Crippen molar-refractivity contribution in [2.24, 2.45) is 0 Å². The molecule has 19 heavy (non-hydrogen) atoms. The van der Waals surface area contributed by atoms with Crippen LogP contribution in [0.25, 0.3) is 0 Å². The molecule has 0 bridgehead atoms. The number of amides is 2. The topological polar surface area (TPSA) is 50.4 Å². The number of carbonyl (C=O) groups is 1. The van der Waals surface area contributed by atoms with Crippen LogP contribution in [0.3, 0.4) is 0 Å². The smallest absolute Gasteiger partial charge is 0.321 e. The van der Waals surface area contributed by atoms with E-state index in [9.17, 15) is 18.0 Å². The molecule has 1 aromatic carbocycles. The maximum absolute atomic E-state index is 12.9. The minimum atomic E-state index is -4.63. The molecule has 1 aromatic rings. The highest BCUT2D eigenvalue weighted by atomic mass is 35.5. The number of hydrogen-bond donors (Lipinski definition) is 2. The molecule has 1 atom stereocenters. The van der Waals surface area contributed by atoms with E-state index in [1.54, 1.807) is 12.2 Å². The summed E-state index contributed by atoms with van der Waals surface area (Å²) in [4.78, 5) is 15.7. The summed E-state index contributed by atoms with van der Waals surface area (Å²) in [6.45, 7) is 1.73. The second-order valence-corrected chi connectivity index (χ2v) is 3.97. The molecule has 4 nitrogen and oxygen atoms in total. The van der Waals surface area contributed by atoms with Crippen molar-refractivity contribution in [3.05, 3.63) is 34.9 Å². The molecule has 0 aliphatic heterocycles. The van der Waals surface area contributed by atoms with E-state index >= 15 is 0 Å². The third kappa shape index (κ3) is 4.96. The summed E-state index contributed by atoms with van der Waals surface area (Å²) in [6.07, 6.45) is -4.63. The molecule has 1 rings (SSSR count). The molecule has 1 unspecified atom stereocenters. The minimum Gasteiger partial charge on any atom is -0.321 e. The molecule has 8 heteroatoms. The number of halogens is 4. The molecular formula is C11H12ClF3N2O2. The van der Waals surface area contributed by atoms with E-state index in [0.717, 1.165) is 0 Å². The molecule has 0 radical (unpaired) electrons. The quantitative estimate of drug-likeness (QED) is 0.838. The molecule has 0 aromatic heterocycles. The number of hydrogen-bond acceptors (Lipinski definition) is 2. The number of alkyl halides is 3. The Hall–Kier alpha value is -1.47. The summed E-state index contributed by atoms with van der Waals surface area (Å²) >= 11 is 5.60. The molecule has 0 aliphatic carbocycles. The lowest BCUT2D eigenvalue weighted by molar-refractivity contribution is -0.155. The second kappa shape index (κ2) is 6.63. The zero-order valence-corrected chi connectivity index (χ0v) is 10.7. The fraction of sp³-hybridized carbons (Fsp3) is 0.364. The maximum atomic E-state index is 12.9. The first-order valence-corrected chi connectivity index (χ1v) is 5.73. The molecular weight excluding hydrogens is 285 g/mol. The Labute approximate surface area is 112 Å². The first kappa shape index (κ1) is 15.6. The lowest BCUT2D eigenvalue weighted by atomic mass is 10.1. The predicted octanol–water partition coefficient (Wildman–Crippen LogP) is 3.19. The predicted molar refractivity (Wildman–Crippen MR) is 63.5 cm³/mol. The first-order valence-electron chi connectivity index (χ1n) is 5.35. The second-order valence-electron chi connectivity index (χ2n) is 3.53. The van der Waals surface area contributed by atoms with Crippen molar-refractivity contribution >= 4 is 17.6 Å². The van der Waals surface area contributed by atoms with Gasteiger partial charge in [-0.15, -0.1) is 0 Å². The molecule has 0 spiro atoms. The van der Waals surface area contributed by atoms with Gasteiger partial charge in [-0.3, -0.25) is 4.84 Å². The number of urea groups is 1. The van der Waals surface area contributed by atoms with E-state index < -0.39 is 18.2 Å². The van der Waals surface area contributed by atoms with Crippen molar-refractivity contribution in [3.8, 4) is 0 Å². The van der Waals surface area contributed by atoms with Crippen LogP contribution in [-0.4, -0.2) is 18.8 Å². The zero-order valence-electron chi connectivity index (χ0n) is 9.92. The van der Waals surface area contributed by atoms with Crippen LogP contribution in [0.5, 0.6) is 0 Å². The SMILES string of the molecule is CCONC(=O)NC(c1ccc(Cl)cc1)C(F)(F)F. The number of rotatable bonds is 4. The number of nitrogens with one attached hydrogen (secondary N) is 2. The minimum absolute atomic E-state index is 0.122. The summed E-state index contributed by atoms with van der Waals surface area (Å²) in [7, 11) is 0. The Kier molecular flexibility index (Phi) is 5.44. The van der Waals surface area contributed by atoms with E-state index in [1.165, 1.54) is 24.3 Å². The number of hydroxylamine groups is 1. The summed E-state index contributed by atoms with van der Waals surface area (Å²) in [5, 5.41) is 2.09. The zero-order chi connectivity index (χ0) is 14.5. The Balaban J connectivity index is 2.84. The number of benzene rings is 1. The lowest BCUT2D eigenvalue weighted by Crippen LogP contribution is -2.43. The van der Waals surface area contributed by atoms with Gasteiger partial charge in [-0.25, -0.2) is 10.3 Å². The van der Waals surface area contributed by atoms with Gasteiger partial charge in [0.2, 0.25) is 0 Å². The Bertz CT molecular complexity index is 423. The summed E-state index contributed by atoms with van der Waals surface area (Å²) < 4.78 is 38.6. The molecule has 2 amide bonds. The third-order valence-corrected chi connectivity index (χ3v) is 2.37. The Morgan fingerprint density at radius 3 is 2.42 bits per heavy atom. The van der Waals surface area contributed by atoms with Gasteiger partial charge in [0.25, 0.3) is 0 Å². The van der Waals surface area contributed by atoms with Gasteiger partial charge >= 0.3 is 12.2 Å². The van der Waals surface area contributed by atoms with Crippen LogP contribution in [-0.2, 0) is 4.84 Å². The average Bonchev–Trinajstić information content (AvgIpc) is 2.33. The Morgan fingerprint density at radius 2 is 1.95 bits per heavy atom. The largest absolute Gasteiger partial charge is 0.412 e. The third-order valence-electron chi connectivity index (χ3n) is 2.12. The van der Waals surface area contributed by atoms with Gasteiger partial charge in [-0.2, -0.15) is 13.2 Å². The maximum Gasteiger partial charge on any atom is 0.412 e. The fourth-order valence-electron chi connectivity index (χ4n) is 1.31. The Morgan fingerprint density at radius 1 is 1.37 bits per heavy atom. The molecule has 0 saturated carbocycles. The molecule has 0 heterocycles. The van der Waals surface area contributed by atoms with Gasteiger partial charge in [0.15, 0.2) is 6.04 Å². The highest BCUT2D eigenvalue weighted by Gasteiger charge is 2.41. The summed E-state index contributed by atoms with van der Waals surface area (Å²) in [6, 6.07) is 1.82. The molecule has 0 fully saturated rings. The molecule has 2 N–H and O–H groups in total. The van der Waals surface area contributed by atoms with Crippen LogP contribution in [0.4, 0.5) is 18.0 Å². The van der Waals surface area contributed by atoms with Gasteiger partial charge in [0.05, 0.1) is 6.61 Å². The molecule has 106 valence electrons. The van der Waals surface area contributed by atoms with Crippen molar-refractivity contribution in [2.45, 2.75) is 19.1 Å². The fourth-order valence-corrected chi connectivity index (χ4v) is 1.43. The highest BCUT2D eigenvalue weighted by Crippen LogP contribution is 2.33. The van der Waals surface area contributed by atoms with Crippen molar-refractivity contribution in [3.63, 3.8) is 0 Å². The summed E-state index contributed by atoms with van der Waals surface area (Å²) in [5.41, 5.74) is 1.72. The van der Waals surface area contributed by atoms with Gasteiger partial charge in [0.1, 0.15) is 0 Å². The van der Waals surface area contributed by atoms with Crippen LogP contribution in [0.2, 0.25) is 5.02 Å². The standard InChI is InChI=1S/C11H12ClF3N2O2/c1-2-19-17-10(18)16-9(11(13,14)15)7-3-5-8(12)6-4-7/h3-6,9H,2H2,1H3,(H2,16,17,18). The normalized spacial score (nSPS) is 12.9. The van der Waals surface area contributed by atoms with E-state index in [0.29, 0.717) is 5.02 Å². The van der Waals surface area contributed by atoms with Gasteiger partial charge in [0, 0.05) is 5.02 Å². The van der Waals surface area contributed by atoms with Crippen LogP contribution >= 0.6 is 11.6 Å². The van der Waals surface area contributed by atoms with Crippen LogP contribution < -0.4 is 10.8 Å². The van der Waals surface area contributed by atoms with Crippen LogP contribution in [0, 0.1) is 0 Å². The summed E-state index contributed by atoms with van der Waals surface area (Å²) in [5.74, 6) is 0. The lowest BCUT2D eigenvalue weighted by Gasteiger charge is -2.22. The van der Waals surface area contributed by atoms with Crippen LogP contribution in [0.15, 0.2) is 24.3 Å². The van der Waals surface area contributed by atoms with Crippen LogP contribution in [0.1, 0.15) is 18.5 Å². The highest BCUT2D eigenvalue weighted by molar-refractivity contribution is 6.30. The van der Waals surface area contributed by atoms with Crippen molar-refractivity contribution < 1.29 is 22.8 Å². The number of carbonyl (C=O) groups excluding carboxylic acids is 1. The van der Waals surface area contributed by atoms with Crippen molar-refractivity contribution in [1.29, 1.82) is 0 Å². The van der Waals surface area contributed by atoms with E-state index in [4.69, 9.17) is 11.6 Å². The van der Waals surface area contributed by atoms with Crippen molar-refractivity contribution in [2.75, 3.05) is 6.61 Å². The first-order chi connectivity index (χ1) is 8.84. The van der Waals surface area contributed by atoms with E-state index in [2.05, 4.69) is 4.84 Å². The molecule has 0 aliphatic rings. The average molecular weight is 297 g/mol. The molecule has 0 saturated heterocycles. The van der Waals surface area contributed by atoms with Gasteiger partial charge in [-0.05, 0) is 24.6 Å².